The van der Waals surface area contributed by atoms with E-state index in [0.29, 0.717) is 37.4 Å². The number of nitrogens with one attached hydrogen (secondary N) is 2. The van der Waals surface area contributed by atoms with E-state index in [1.54, 1.807) is 35.2 Å². The first-order valence-electron chi connectivity index (χ1n) is 11.9. The number of nitrogens with zero attached hydrogens (tertiary/aromatic N) is 3. The zero-order valence-corrected chi connectivity index (χ0v) is 23.5. The minimum atomic E-state index is -0.547. The van der Waals surface area contributed by atoms with E-state index in [2.05, 4.69) is 22.8 Å². The molecule has 0 saturated heterocycles. The molecule has 0 fully saturated rings. The van der Waals surface area contributed by atoms with Crippen molar-refractivity contribution in [1.29, 1.82) is 0 Å². The second kappa shape index (κ2) is 14.9. The Kier molecular flexibility index (Phi) is 13.0. The van der Waals surface area contributed by atoms with Gasteiger partial charge in [0.25, 0.3) is 5.91 Å². The van der Waals surface area contributed by atoms with Crippen LogP contribution in [0.25, 0.3) is 0 Å². The van der Waals surface area contributed by atoms with Crippen LogP contribution in [0, 0.1) is 6.92 Å². The predicted octanol–water partition coefficient (Wildman–Crippen LogP) is 2.25. The number of amides is 3. The number of carbonyl (C=O) groups is 3. The van der Waals surface area contributed by atoms with Gasteiger partial charge in [0.2, 0.25) is 11.8 Å². The van der Waals surface area contributed by atoms with Crippen LogP contribution in [0.5, 0.6) is 0 Å². The van der Waals surface area contributed by atoms with E-state index in [0.717, 1.165) is 5.56 Å². The number of primary amides is 1. The summed E-state index contributed by atoms with van der Waals surface area (Å²) in [6, 6.07) is 13.5. The molecule has 204 valence electrons. The van der Waals surface area contributed by atoms with Gasteiger partial charge in [-0.25, -0.2) is 5.01 Å². The van der Waals surface area contributed by atoms with Crippen LogP contribution in [0.2, 0.25) is 0 Å². The second-order valence-electron chi connectivity index (χ2n) is 9.13. The monoisotopic (exact) mass is 552 g/mol. The quantitative estimate of drug-likeness (QED) is 0.394. The average molecular weight is 554 g/mol. The Labute approximate surface area is 231 Å². The van der Waals surface area contributed by atoms with Crippen LogP contribution in [-0.2, 0) is 22.7 Å². The lowest BCUT2D eigenvalue weighted by atomic mass is 10.1. The van der Waals surface area contributed by atoms with Crippen LogP contribution in [-0.4, -0.2) is 67.0 Å². The van der Waals surface area contributed by atoms with Crippen molar-refractivity contribution >= 4 is 48.2 Å². The van der Waals surface area contributed by atoms with Gasteiger partial charge in [0, 0.05) is 50.5 Å². The predicted molar refractivity (Wildman–Crippen MR) is 151 cm³/mol. The van der Waals surface area contributed by atoms with Gasteiger partial charge in [0.15, 0.2) is 0 Å². The van der Waals surface area contributed by atoms with E-state index < -0.39 is 5.91 Å². The minimum Gasteiger partial charge on any atom is -0.366 e. The minimum absolute atomic E-state index is 0. The lowest BCUT2D eigenvalue weighted by Gasteiger charge is -2.28. The highest BCUT2D eigenvalue weighted by molar-refractivity contribution is 5.99. The van der Waals surface area contributed by atoms with Crippen LogP contribution < -0.4 is 21.3 Å². The molecule has 0 aliphatic carbocycles. The standard InChI is InChI=1S/C26H36N6O3.2ClH/c1-18(2)29-11-12-32(23-13-20(26(27)35)10-9-19(23)3)25(34)15-28-14-24(33)30(4)31-16-21-7-5-6-8-22(21)17-31;;/h5-10,13,18,28-29H,11-12,14-17H2,1-4H3,(H2,27,35);2*1H. The molecule has 0 saturated carbocycles. The summed E-state index contributed by atoms with van der Waals surface area (Å²) in [5, 5.41) is 9.91. The molecule has 0 spiro atoms. The molecule has 11 heteroatoms. The number of halogens is 2. The molecular weight excluding hydrogens is 515 g/mol. The molecular formula is C26H38Cl2N6O3. The Morgan fingerprint density at radius 3 is 2.16 bits per heavy atom. The molecule has 37 heavy (non-hydrogen) atoms. The van der Waals surface area contributed by atoms with Crippen molar-refractivity contribution in [2.45, 2.75) is 39.9 Å². The number of rotatable bonds is 11. The molecule has 9 nitrogen and oxygen atoms in total. The zero-order chi connectivity index (χ0) is 25.5. The summed E-state index contributed by atoms with van der Waals surface area (Å²) >= 11 is 0. The number of hydrogen-bond acceptors (Lipinski definition) is 6. The van der Waals surface area contributed by atoms with E-state index in [-0.39, 0.29) is 55.8 Å². The van der Waals surface area contributed by atoms with Gasteiger partial charge in [-0.3, -0.25) is 24.7 Å². The van der Waals surface area contributed by atoms with Gasteiger partial charge in [0.1, 0.15) is 0 Å². The van der Waals surface area contributed by atoms with Crippen molar-refractivity contribution < 1.29 is 14.4 Å². The Bertz CT molecular complexity index is 1060. The third kappa shape index (κ3) is 8.69. The number of fused-ring (bicyclic) bond motifs is 1. The largest absolute Gasteiger partial charge is 0.366 e. The molecule has 0 bridgehead atoms. The van der Waals surface area contributed by atoms with Crippen molar-refractivity contribution in [3.05, 3.63) is 64.7 Å². The summed E-state index contributed by atoms with van der Waals surface area (Å²) in [5.74, 6) is -0.857. The molecule has 1 aliphatic heterocycles. The molecule has 0 atom stereocenters. The highest BCUT2D eigenvalue weighted by Crippen LogP contribution is 2.23. The number of hydrazine groups is 1. The number of nitrogens with two attached hydrogens (primary N) is 1. The molecule has 3 amide bonds. The van der Waals surface area contributed by atoms with Crippen LogP contribution in [0.3, 0.4) is 0 Å². The average Bonchev–Trinajstić information content (AvgIpc) is 3.25. The number of likely N-dealkylation sites (N-methyl/N-ethyl adjacent to an activating group) is 1. The molecule has 4 N–H and O–H groups in total. The highest BCUT2D eigenvalue weighted by atomic mass is 35.5. The Hall–Kier alpha value is -2.69. The summed E-state index contributed by atoms with van der Waals surface area (Å²) in [6.07, 6.45) is 0. The molecule has 1 aliphatic rings. The van der Waals surface area contributed by atoms with E-state index in [1.165, 1.54) is 11.1 Å². The van der Waals surface area contributed by atoms with Gasteiger partial charge in [-0.1, -0.05) is 44.2 Å². The third-order valence-corrected chi connectivity index (χ3v) is 6.14. The van der Waals surface area contributed by atoms with Gasteiger partial charge in [-0.2, -0.15) is 0 Å². The van der Waals surface area contributed by atoms with Crippen molar-refractivity contribution in [3.63, 3.8) is 0 Å². The van der Waals surface area contributed by atoms with E-state index in [4.69, 9.17) is 5.73 Å². The maximum absolute atomic E-state index is 13.2. The fraction of sp³-hybridized carbons (Fsp3) is 0.423. The maximum Gasteiger partial charge on any atom is 0.250 e. The maximum atomic E-state index is 13.2. The fourth-order valence-electron chi connectivity index (χ4n) is 4.07. The summed E-state index contributed by atoms with van der Waals surface area (Å²) < 4.78 is 0. The Morgan fingerprint density at radius 2 is 1.59 bits per heavy atom. The van der Waals surface area contributed by atoms with Gasteiger partial charge in [-0.15, -0.1) is 24.8 Å². The first-order valence-corrected chi connectivity index (χ1v) is 11.9. The van der Waals surface area contributed by atoms with Crippen LogP contribution in [0.4, 0.5) is 5.69 Å². The van der Waals surface area contributed by atoms with Crippen molar-refractivity contribution in [1.82, 2.24) is 20.7 Å². The molecule has 0 radical (unpaired) electrons. The SMILES string of the molecule is Cc1ccc(C(N)=O)cc1N(CCNC(C)C)C(=O)CNCC(=O)N(C)N1Cc2ccccc2C1.Cl.Cl. The topological polar surface area (TPSA) is 111 Å². The zero-order valence-electron chi connectivity index (χ0n) is 21.8. The molecule has 0 aromatic heterocycles. The molecule has 2 aromatic rings. The fourth-order valence-corrected chi connectivity index (χ4v) is 4.07. The lowest BCUT2D eigenvalue weighted by Crippen LogP contribution is -2.47. The Morgan fingerprint density at radius 1 is 1.00 bits per heavy atom. The molecule has 0 unspecified atom stereocenters. The number of carbonyl (C=O) groups excluding carboxylic acids is 3. The first kappa shape index (κ1) is 32.3. The summed E-state index contributed by atoms with van der Waals surface area (Å²) in [6.45, 7) is 8.35. The summed E-state index contributed by atoms with van der Waals surface area (Å²) in [7, 11) is 1.75. The molecule has 2 aromatic carbocycles. The third-order valence-electron chi connectivity index (χ3n) is 6.14. The number of hydrogen-bond donors (Lipinski definition) is 3. The molecule has 1 heterocycles. The second-order valence-corrected chi connectivity index (χ2v) is 9.13. The van der Waals surface area contributed by atoms with Gasteiger partial charge < -0.3 is 16.0 Å². The van der Waals surface area contributed by atoms with Crippen molar-refractivity contribution in [2.75, 3.05) is 38.1 Å². The van der Waals surface area contributed by atoms with E-state index in [9.17, 15) is 14.4 Å². The molecule has 3 rings (SSSR count). The van der Waals surface area contributed by atoms with Crippen molar-refractivity contribution in [2.24, 2.45) is 5.73 Å². The first-order chi connectivity index (χ1) is 16.7. The summed E-state index contributed by atoms with van der Waals surface area (Å²) in [5.41, 5.74) is 9.73. The van der Waals surface area contributed by atoms with Crippen LogP contribution >= 0.6 is 24.8 Å². The number of aryl methyl sites for hydroxylation is 1. The normalized spacial score (nSPS) is 12.4. The highest BCUT2D eigenvalue weighted by Gasteiger charge is 2.25. The van der Waals surface area contributed by atoms with Gasteiger partial charge >= 0.3 is 0 Å². The van der Waals surface area contributed by atoms with Gasteiger partial charge in [-0.05, 0) is 35.7 Å². The summed E-state index contributed by atoms with van der Waals surface area (Å²) in [4.78, 5) is 39.3. The van der Waals surface area contributed by atoms with Gasteiger partial charge in [0.05, 0.1) is 13.1 Å². The smallest absolute Gasteiger partial charge is 0.250 e. The number of benzene rings is 2. The lowest BCUT2D eigenvalue weighted by molar-refractivity contribution is -0.145. The van der Waals surface area contributed by atoms with E-state index >= 15 is 0 Å². The van der Waals surface area contributed by atoms with Crippen LogP contribution in [0.15, 0.2) is 42.5 Å². The van der Waals surface area contributed by atoms with Crippen molar-refractivity contribution in [3.8, 4) is 0 Å². The Balaban J connectivity index is 0.00000342. The van der Waals surface area contributed by atoms with E-state index in [1.807, 2.05) is 37.9 Å². The number of anilines is 1. The van der Waals surface area contributed by atoms with Crippen LogP contribution in [0.1, 0.15) is 40.9 Å².